The van der Waals surface area contributed by atoms with Crippen molar-refractivity contribution in [1.29, 1.82) is 0 Å². The van der Waals surface area contributed by atoms with Gasteiger partial charge < -0.3 is 4.57 Å². The Morgan fingerprint density at radius 1 is 1.47 bits per heavy atom. The van der Waals surface area contributed by atoms with E-state index in [9.17, 15) is 4.79 Å². The highest BCUT2D eigenvalue weighted by atomic mass is 32.1. The molecule has 1 aromatic carbocycles. The van der Waals surface area contributed by atoms with E-state index in [4.69, 9.17) is 0 Å². The third kappa shape index (κ3) is 3.20. The average Bonchev–Trinajstić information content (AvgIpc) is 2.67. The fourth-order valence-corrected chi connectivity index (χ4v) is 2.97. The zero-order valence-corrected chi connectivity index (χ0v) is 12.1. The summed E-state index contributed by atoms with van der Waals surface area (Å²) in [4.78, 5) is 16.9. The lowest BCUT2D eigenvalue weighted by Crippen LogP contribution is -2.16. The first-order valence-electron chi connectivity index (χ1n) is 6.38. The van der Waals surface area contributed by atoms with E-state index in [1.54, 1.807) is 11.3 Å². The number of carbonyl (C=O) groups is 1. The minimum absolute atomic E-state index is 0.0561. The number of allylic oxidation sites excluding steroid dienone is 1. The Balaban J connectivity index is 2.52. The van der Waals surface area contributed by atoms with Gasteiger partial charge in [-0.05, 0) is 18.1 Å². The van der Waals surface area contributed by atoms with Gasteiger partial charge in [0, 0.05) is 13.0 Å². The second-order valence-corrected chi connectivity index (χ2v) is 5.86. The molecule has 0 aliphatic carbocycles. The molecule has 0 unspecified atom stereocenters. The molecule has 3 nitrogen and oxygen atoms in total. The van der Waals surface area contributed by atoms with Crippen LogP contribution < -0.4 is 4.80 Å². The molecule has 0 saturated heterocycles. The van der Waals surface area contributed by atoms with Crippen molar-refractivity contribution in [2.45, 2.75) is 26.8 Å². The van der Waals surface area contributed by atoms with E-state index in [2.05, 4.69) is 11.6 Å². The maximum absolute atomic E-state index is 11.9. The fraction of sp³-hybridized carbons (Fsp3) is 0.333. The van der Waals surface area contributed by atoms with Gasteiger partial charge in [-0.15, -0.1) is 6.58 Å². The topological polar surface area (TPSA) is 34.4 Å². The number of hydrogen-bond donors (Lipinski definition) is 0. The van der Waals surface area contributed by atoms with E-state index < -0.39 is 0 Å². The maximum Gasteiger partial charge on any atom is 0.248 e. The first kappa shape index (κ1) is 13.7. The molecule has 1 heterocycles. The van der Waals surface area contributed by atoms with Crippen LogP contribution in [0.1, 0.15) is 20.3 Å². The highest BCUT2D eigenvalue weighted by molar-refractivity contribution is 7.16. The molecule has 4 heteroatoms. The smallest absolute Gasteiger partial charge is 0.248 e. The Bertz CT molecular complexity index is 664. The van der Waals surface area contributed by atoms with Crippen LogP contribution in [-0.2, 0) is 11.3 Å². The van der Waals surface area contributed by atoms with Crippen molar-refractivity contribution in [2.24, 2.45) is 10.9 Å². The molecule has 100 valence electrons. The van der Waals surface area contributed by atoms with Crippen LogP contribution in [0.2, 0.25) is 0 Å². The lowest BCUT2D eigenvalue weighted by Gasteiger charge is -2.01. The van der Waals surface area contributed by atoms with Gasteiger partial charge in [0.1, 0.15) is 0 Å². The van der Waals surface area contributed by atoms with Crippen LogP contribution in [0.5, 0.6) is 0 Å². The molecule has 0 atom stereocenters. The molecule has 0 aliphatic heterocycles. The van der Waals surface area contributed by atoms with Crippen molar-refractivity contribution in [3.8, 4) is 0 Å². The molecule has 0 saturated carbocycles. The summed E-state index contributed by atoms with van der Waals surface area (Å²) in [6.45, 7) is 8.48. The molecule has 19 heavy (non-hydrogen) atoms. The van der Waals surface area contributed by atoms with E-state index >= 15 is 0 Å². The Labute approximate surface area is 116 Å². The number of fused-ring (bicyclic) bond motifs is 1. The van der Waals surface area contributed by atoms with Gasteiger partial charge >= 0.3 is 0 Å². The minimum atomic E-state index is -0.0561. The Kier molecular flexibility index (Phi) is 4.32. The first-order chi connectivity index (χ1) is 9.11. The van der Waals surface area contributed by atoms with Crippen LogP contribution in [-0.4, -0.2) is 10.5 Å². The van der Waals surface area contributed by atoms with Gasteiger partial charge in [-0.25, -0.2) is 0 Å². The molecule has 0 aliphatic rings. The number of rotatable bonds is 4. The van der Waals surface area contributed by atoms with Crippen LogP contribution in [0.3, 0.4) is 0 Å². The first-order valence-corrected chi connectivity index (χ1v) is 7.20. The largest absolute Gasteiger partial charge is 0.313 e. The van der Waals surface area contributed by atoms with Crippen molar-refractivity contribution in [3.05, 3.63) is 41.7 Å². The molecule has 0 N–H and O–H groups in total. The number of amides is 1. The van der Waals surface area contributed by atoms with Crippen LogP contribution in [0.25, 0.3) is 10.2 Å². The van der Waals surface area contributed by atoms with E-state index in [1.165, 1.54) is 0 Å². The Morgan fingerprint density at radius 2 is 2.21 bits per heavy atom. The Morgan fingerprint density at radius 3 is 2.89 bits per heavy atom. The molecule has 0 spiro atoms. The van der Waals surface area contributed by atoms with Gasteiger partial charge in [-0.1, -0.05) is 43.4 Å². The highest BCUT2D eigenvalue weighted by Crippen LogP contribution is 2.16. The van der Waals surface area contributed by atoms with Gasteiger partial charge in [-0.3, -0.25) is 4.79 Å². The molecular formula is C15H18N2OS. The normalized spacial score (nSPS) is 12.3. The summed E-state index contributed by atoms with van der Waals surface area (Å²) in [5.74, 6) is 0.276. The Hall–Kier alpha value is -1.68. The zero-order chi connectivity index (χ0) is 13.8. The summed E-state index contributed by atoms with van der Waals surface area (Å²) in [6, 6.07) is 8.08. The number of para-hydroxylation sites is 1. The molecule has 0 radical (unpaired) electrons. The number of nitrogens with zero attached hydrogens (tertiary/aromatic N) is 2. The SMILES string of the molecule is C=CCn1c(=NC(=O)CC(C)C)sc2ccccc21. The lowest BCUT2D eigenvalue weighted by molar-refractivity contribution is -0.118. The average molecular weight is 274 g/mol. The van der Waals surface area contributed by atoms with E-state index in [0.717, 1.165) is 15.0 Å². The third-order valence-electron chi connectivity index (χ3n) is 2.70. The quantitative estimate of drug-likeness (QED) is 0.787. The molecule has 0 fully saturated rings. The van der Waals surface area contributed by atoms with Crippen molar-refractivity contribution >= 4 is 27.5 Å². The summed E-state index contributed by atoms with van der Waals surface area (Å²) < 4.78 is 3.17. The van der Waals surface area contributed by atoms with Gasteiger partial charge in [-0.2, -0.15) is 4.99 Å². The third-order valence-corrected chi connectivity index (χ3v) is 3.76. The molecule has 0 bridgehead atoms. The van der Waals surface area contributed by atoms with Crippen LogP contribution >= 0.6 is 11.3 Å². The monoisotopic (exact) mass is 274 g/mol. The van der Waals surface area contributed by atoms with Gasteiger partial charge in [0.15, 0.2) is 4.80 Å². The predicted molar refractivity (Wildman–Crippen MR) is 80.0 cm³/mol. The fourth-order valence-electron chi connectivity index (χ4n) is 1.91. The standard InChI is InChI=1S/C15H18N2OS/c1-4-9-17-12-7-5-6-8-13(12)19-15(17)16-14(18)10-11(2)3/h4-8,11H,1,9-10H2,2-3H3. The lowest BCUT2D eigenvalue weighted by atomic mass is 10.1. The predicted octanol–water partition coefficient (Wildman–Crippen LogP) is 3.36. The van der Waals surface area contributed by atoms with Crippen LogP contribution in [0, 0.1) is 5.92 Å². The minimum Gasteiger partial charge on any atom is -0.313 e. The van der Waals surface area contributed by atoms with Gasteiger partial charge in [0.05, 0.1) is 10.2 Å². The van der Waals surface area contributed by atoms with Crippen LogP contribution in [0.15, 0.2) is 41.9 Å². The van der Waals surface area contributed by atoms with E-state index in [-0.39, 0.29) is 5.91 Å². The maximum atomic E-state index is 11.9. The highest BCUT2D eigenvalue weighted by Gasteiger charge is 2.07. The number of benzene rings is 1. The van der Waals surface area contributed by atoms with Crippen molar-refractivity contribution in [2.75, 3.05) is 0 Å². The number of hydrogen-bond acceptors (Lipinski definition) is 2. The zero-order valence-electron chi connectivity index (χ0n) is 11.3. The van der Waals surface area contributed by atoms with Crippen molar-refractivity contribution in [1.82, 2.24) is 4.57 Å². The number of thiazole rings is 1. The van der Waals surface area contributed by atoms with Crippen LogP contribution in [0.4, 0.5) is 0 Å². The molecule has 2 rings (SSSR count). The summed E-state index contributed by atoms with van der Waals surface area (Å²) >= 11 is 1.55. The molecule has 2 aromatic rings. The summed E-state index contributed by atoms with van der Waals surface area (Å²) in [7, 11) is 0. The second-order valence-electron chi connectivity index (χ2n) is 4.86. The van der Waals surface area contributed by atoms with Gasteiger partial charge in [0.2, 0.25) is 5.91 Å². The molecule has 1 amide bonds. The molecular weight excluding hydrogens is 256 g/mol. The van der Waals surface area contributed by atoms with Crippen molar-refractivity contribution in [3.63, 3.8) is 0 Å². The van der Waals surface area contributed by atoms with Gasteiger partial charge in [0.25, 0.3) is 0 Å². The summed E-state index contributed by atoms with van der Waals surface area (Å²) in [5, 5.41) is 0. The number of carbonyl (C=O) groups excluding carboxylic acids is 1. The number of aromatic nitrogens is 1. The molecule has 1 aromatic heterocycles. The van der Waals surface area contributed by atoms with Crippen molar-refractivity contribution < 1.29 is 4.79 Å². The summed E-state index contributed by atoms with van der Waals surface area (Å²) in [5.41, 5.74) is 1.10. The van der Waals surface area contributed by atoms with E-state index in [1.807, 2.05) is 48.8 Å². The second kappa shape index (κ2) is 5.97. The van der Waals surface area contributed by atoms with E-state index in [0.29, 0.717) is 18.9 Å². The summed E-state index contributed by atoms with van der Waals surface area (Å²) in [6.07, 6.45) is 2.31.